The zero-order valence-electron chi connectivity index (χ0n) is 17.3. The van der Waals surface area contributed by atoms with E-state index in [2.05, 4.69) is 5.32 Å². The number of hydrogen-bond donors (Lipinski definition) is 1. The van der Waals surface area contributed by atoms with Crippen LogP contribution >= 0.6 is 0 Å². The minimum Gasteiger partial charge on any atom is -0.497 e. The summed E-state index contributed by atoms with van der Waals surface area (Å²) >= 11 is 0. The molecule has 158 valence electrons. The molecule has 0 aliphatic heterocycles. The van der Waals surface area contributed by atoms with E-state index >= 15 is 0 Å². The number of sulfonamides is 1. The van der Waals surface area contributed by atoms with Gasteiger partial charge >= 0.3 is 0 Å². The van der Waals surface area contributed by atoms with Crippen molar-refractivity contribution in [2.45, 2.75) is 31.6 Å². The Labute approximate surface area is 172 Å². The standard InChI is InChI=1S/C21H28N2O5S/c1-5-23(6-2)29(25,26)20-10-7-16(8-11-20)9-12-21(24)22-17-13-18(27-3)15-19(14-17)28-4/h7-8,10-11,13-15H,5-6,9,12H2,1-4H3,(H,22,24). The van der Waals surface area contributed by atoms with Crippen LogP contribution in [0.15, 0.2) is 47.4 Å². The second-order valence-corrected chi connectivity index (χ2v) is 8.32. The molecule has 0 aliphatic rings. The number of methoxy groups -OCH3 is 2. The quantitative estimate of drug-likeness (QED) is 0.637. The highest BCUT2D eigenvalue weighted by Gasteiger charge is 2.21. The van der Waals surface area contributed by atoms with E-state index in [0.29, 0.717) is 36.7 Å². The van der Waals surface area contributed by atoms with Crippen LogP contribution in [0.5, 0.6) is 11.5 Å². The largest absolute Gasteiger partial charge is 0.497 e. The summed E-state index contributed by atoms with van der Waals surface area (Å²) in [6.07, 6.45) is 0.764. The number of ether oxygens (including phenoxy) is 2. The zero-order valence-corrected chi connectivity index (χ0v) is 18.1. The second-order valence-electron chi connectivity index (χ2n) is 6.38. The van der Waals surface area contributed by atoms with Crippen molar-refractivity contribution >= 4 is 21.6 Å². The van der Waals surface area contributed by atoms with Gasteiger partial charge in [0.2, 0.25) is 15.9 Å². The number of carbonyl (C=O) groups excluding carboxylic acids is 1. The third kappa shape index (κ3) is 5.95. The lowest BCUT2D eigenvalue weighted by Crippen LogP contribution is -2.30. The number of nitrogens with zero attached hydrogens (tertiary/aromatic N) is 1. The number of hydrogen-bond acceptors (Lipinski definition) is 5. The lowest BCUT2D eigenvalue weighted by molar-refractivity contribution is -0.116. The third-order valence-electron chi connectivity index (χ3n) is 4.54. The minimum absolute atomic E-state index is 0.153. The summed E-state index contributed by atoms with van der Waals surface area (Å²) in [5.74, 6) is 1.02. The summed E-state index contributed by atoms with van der Waals surface area (Å²) in [5, 5.41) is 2.83. The van der Waals surface area contributed by atoms with Crippen LogP contribution < -0.4 is 14.8 Å². The van der Waals surface area contributed by atoms with Crippen molar-refractivity contribution < 1.29 is 22.7 Å². The molecule has 0 unspecified atom stereocenters. The van der Waals surface area contributed by atoms with Crippen LogP contribution in [0.3, 0.4) is 0 Å². The Kier molecular flexibility index (Phi) is 8.04. The predicted molar refractivity (Wildman–Crippen MR) is 113 cm³/mol. The number of aryl methyl sites for hydroxylation is 1. The molecule has 0 fully saturated rings. The van der Waals surface area contributed by atoms with Gasteiger partial charge in [0.25, 0.3) is 0 Å². The van der Waals surface area contributed by atoms with Gasteiger partial charge in [0, 0.05) is 43.4 Å². The molecule has 0 aromatic heterocycles. The van der Waals surface area contributed by atoms with Crippen molar-refractivity contribution in [3.05, 3.63) is 48.0 Å². The molecule has 0 atom stereocenters. The van der Waals surface area contributed by atoms with Gasteiger partial charge < -0.3 is 14.8 Å². The van der Waals surface area contributed by atoms with Gasteiger partial charge in [0.05, 0.1) is 19.1 Å². The van der Waals surface area contributed by atoms with Gasteiger partial charge in [-0.25, -0.2) is 8.42 Å². The Morgan fingerprint density at radius 1 is 0.966 bits per heavy atom. The van der Waals surface area contributed by atoms with Crippen molar-refractivity contribution in [3.8, 4) is 11.5 Å². The molecule has 8 heteroatoms. The van der Waals surface area contributed by atoms with Crippen LogP contribution in [0.25, 0.3) is 0 Å². The number of benzene rings is 2. The molecule has 1 amide bonds. The molecule has 0 radical (unpaired) electrons. The molecule has 0 saturated carbocycles. The molecule has 2 aromatic carbocycles. The van der Waals surface area contributed by atoms with E-state index in [9.17, 15) is 13.2 Å². The normalized spacial score (nSPS) is 11.3. The van der Waals surface area contributed by atoms with Crippen LogP contribution in [-0.2, 0) is 21.2 Å². The Bertz CT molecular complexity index is 900. The molecule has 2 aromatic rings. The summed E-state index contributed by atoms with van der Waals surface area (Å²) in [7, 11) is -0.381. The summed E-state index contributed by atoms with van der Waals surface area (Å²) in [6, 6.07) is 11.8. The maximum atomic E-state index is 12.5. The fraction of sp³-hybridized carbons (Fsp3) is 0.381. The first kappa shape index (κ1) is 22.7. The van der Waals surface area contributed by atoms with E-state index in [0.717, 1.165) is 5.56 Å². The lowest BCUT2D eigenvalue weighted by Gasteiger charge is -2.18. The fourth-order valence-corrected chi connectivity index (χ4v) is 4.36. The van der Waals surface area contributed by atoms with Crippen LogP contribution in [0, 0.1) is 0 Å². The van der Waals surface area contributed by atoms with Crippen molar-refractivity contribution in [2.24, 2.45) is 0 Å². The monoisotopic (exact) mass is 420 g/mol. The molecule has 29 heavy (non-hydrogen) atoms. The zero-order chi connectivity index (χ0) is 21.4. The molecular formula is C21H28N2O5S. The minimum atomic E-state index is -3.47. The average molecular weight is 421 g/mol. The molecule has 0 spiro atoms. The van der Waals surface area contributed by atoms with Gasteiger partial charge in [0.1, 0.15) is 11.5 Å². The van der Waals surface area contributed by atoms with E-state index in [4.69, 9.17) is 9.47 Å². The maximum Gasteiger partial charge on any atom is 0.243 e. The smallest absolute Gasteiger partial charge is 0.243 e. The van der Waals surface area contributed by atoms with Gasteiger partial charge in [-0.2, -0.15) is 4.31 Å². The molecule has 7 nitrogen and oxygen atoms in total. The first-order valence-corrected chi connectivity index (χ1v) is 10.9. The molecule has 0 aliphatic carbocycles. The molecule has 0 bridgehead atoms. The van der Waals surface area contributed by atoms with Gasteiger partial charge in [-0.05, 0) is 24.1 Å². The maximum absolute atomic E-state index is 12.5. The highest BCUT2D eigenvalue weighted by Crippen LogP contribution is 2.26. The van der Waals surface area contributed by atoms with E-state index in [1.807, 2.05) is 13.8 Å². The summed E-state index contributed by atoms with van der Waals surface area (Å²) < 4.78 is 36.8. The first-order valence-electron chi connectivity index (χ1n) is 9.46. The first-order chi connectivity index (χ1) is 13.8. The highest BCUT2D eigenvalue weighted by atomic mass is 32.2. The molecule has 2 rings (SSSR count). The fourth-order valence-electron chi connectivity index (χ4n) is 2.90. The Hall–Kier alpha value is -2.58. The van der Waals surface area contributed by atoms with E-state index in [1.54, 1.807) is 56.7 Å². The van der Waals surface area contributed by atoms with E-state index in [1.165, 1.54) is 4.31 Å². The Balaban J connectivity index is 1.99. The van der Waals surface area contributed by atoms with Crippen LogP contribution in [0.2, 0.25) is 0 Å². The van der Waals surface area contributed by atoms with Crippen LogP contribution in [0.1, 0.15) is 25.8 Å². The SMILES string of the molecule is CCN(CC)S(=O)(=O)c1ccc(CCC(=O)Nc2cc(OC)cc(OC)c2)cc1. The van der Waals surface area contributed by atoms with Gasteiger partial charge in [0.15, 0.2) is 0 Å². The summed E-state index contributed by atoms with van der Waals surface area (Å²) in [4.78, 5) is 12.5. The average Bonchev–Trinajstić information content (AvgIpc) is 2.72. The number of carbonyl (C=O) groups is 1. The Morgan fingerprint density at radius 3 is 2.00 bits per heavy atom. The van der Waals surface area contributed by atoms with Gasteiger partial charge in [-0.1, -0.05) is 26.0 Å². The van der Waals surface area contributed by atoms with Crippen molar-refractivity contribution in [3.63, 3.8) is 0 Å². The molecule has 0 saturated heterocycles. The predicted octanol–water partition coefficient (Wildman–Crippen LogP) is 3.31. The third-order valence-corrected chi connectivity index (χ3v) is 6.61. The summed E-state index contributed by atoms with van der Waals surface area (Å²) in [5.41, 5.74) is 1.48. The number of anilines is 1. The van der Waals surface area contributed by atoms with E-state index in [-0.39, 0.29) is 17.2 Å². The van der Waals surface area contributed by atoms with Crippen LogP contribution in [-0.4, -0.2) is 45.9 Å². The van der Waals surface area contributed by atoms with Gasteiger partial charge in [-0.3, -0.25) is 4.79 Å². The lowest BCUT2D eigenvalue weighted by atomic mass is 10.1. The van der Waals surface area contributed by atoms with E-state index < -0.39 is 10.0 Å². The molecule has 1 N–H and O–H groups in total. The van der Waals surface area contributed by atoms with Crippen LogP contribution in [0.4, 0.5) is 5.69 Å². The van der Waals surface area contributed by atoms with Crippen molar-refractivity contribution in [1.29, 1.82) is 0 Å². The second kappa shape index (κ2) is 10.3. The van der Waals surface area contributed by atoms with Crippen molar-refractivity contribution in [2.75, 3.05) is 32.6 Å². The number of rotatable bonds is 10. The Morgan fingerprint density at radius 2 is 1.52 bits per heavy atom. The number of amides is 1. The summed E-state index contributed by atoms with van der Waals surface area (Å²) in [6.45, 7) is 4.48. The highest BCUT2D eigenvalue weighted by molar-refractivity contribution is 7.89. The molecular weight excluding hydrogens is 392 g/mol. The number of nitrogens with one attached hydrogen (secondary N) is 1. The topological polar surface area (TPSA) is 84.9 Å². The molecule has 0 heterocycles. The van der Waals surface area contributed by atoms with Gasteiger partial charge in [-0.15, -0.1) is 0 Å². The van der Waals surface area contributed by atoms with Crippen molar-refractivity contribution in [1.82, 2.24) is 4.31 Å².